The Morgan fingerprint density at radius 2 is 1.75 bits per heavy atom. The van der Waals surface area contributed by atoms with Gasteiger partial charge in [0, 0.05) is 6.42 Å². The standard InChI is InChI=1S/C25H40O3/c1-4-6-8-11-21-14-16-22(17-15-21)20(3)19-24(27-18-5-2)28-25(26)23-12-9-7-10-13-23/h7,9-10,12-13,20-22,24H,4-6,8,11,14-19H2,1-3H3. The highest BCUT2D eigenvalue weighted by atomic mass is 16.7. The van der Waals surface area contributed by atoms with Crippen molar-refractivity contribution >= 4 is 5.97 Å². The molecule has 0 saturated heterocycles. The van der Waals surface area contributed by atoms with Crippen LogP contribution in [0.5, 0.6) is 0 Å². The molecule has 1 aliphatic rings. The minimum Gasteiger partial charge on any atom is -0.432 e. The molecule has 1 aliphatic carbocycles. The molecule has 1 aromatic carbocycles. The van der Waals surface area contributed by atoms with Gasteiger partial charge < -0.3 is 9.47 Å². The molecule has 1 saturated carbocycles. The maximum Gasteiger partial charge on any atom is 0.340 e. The van der Waals surface area contributed by atoms with Crippen LogP contribution in [0.2, 0.25) is 0 Å². The number of hydrogen-bond donors (Lipinski definition) is 0. The minimum absolute atomic E-state index is 0.284. The fraction of sp³-hybridized carbons (Fsp3) is 0.720. The lowest BCUT2D eigenvalue weighted by atomic mass is 9.74. The monoisotopic (exact) mass is 388 g/mol. The first-order valence-electron chi connectivity index (χ1n) is 11.5. The zero-order chi connectivity index (χ0) is 20.2. The van der Waals surface area contributed by atoms with Crippen LogP contribution >= 0.6 is 0 Å². The molecule has 0 radical (unpaired) electrons. The van der Waals surface area contributed by atoms with E-state index in [2.05, 4.69) is 20.8 Å². The van der Waals surface area contributed by atoms with Crippen molar-refractivity contribution in [1.29, 1.82) is 0 Å². The highest BCUT2D eigenvalue weighted by Crippen LogP contribution is 2.37. The van der Waals surface area contributed by atoms with Gasteiger partial charge in [-0.1, -0.05) is 77.5 Å². The molecule has 158 valence electrons. The molecule has 1 fully saturated rings. The predicted molar refractivity (Wildman–Crippen MR) is 115 cm³/mol. The van der Waals surface area contributed by atoms with Crippen molar-refractivity contribution in [3.8, 4) is 0 Å². The molecule has 1 aromatic rings. The second kappa shape index (κ2) is 13.0. The zero-order valence-electron chi connectivity index (χ0n) is 18.2. The van der Waals surface area contributed by atoms with Crippen molar-refractivity contribution in [2.24, 2.45) is 17.8 Å². The molecule has 0 bridgehead atoms. The van der Waals surface area contributed by atoms with Crippen LogP contribution in [0, 0.1) is 17.8 Å². The molecule has 2 atom stereocenters. The number of rotatable bonds is 12. The van der Waals surface area contributed by atoms with E-state index in [1.807, 2.05) is 18.2 Å². The average molecular weight is 389 g/mol. The van der Waals surface area contributed by atoms with Gasteiger partial charge in [0.2, 0.25) is 6.29 Å². The Balaban J connectivity index is 1.81. The summed E-state index contributed by atoms with van der Waals surface area (Å²) in [6.07, 6.45) is 12.1. The van der Waals surface area contributed by atoms with Crippen molar-refractivity contribution in [2.75, 3.05) is 6.61 Å². The topological polar surface area (TPSA) is 35.5 Å². The van der Waals surface area contributed by atoms with Gasteiger partial charge in [-0.2, -0.15) is 0 Å². The van der Waals surface area contributed by atoms with Crippen LogP contribution < -0.4 is 0 Å². The second-order valence-electron chi connectivity index (χ2n) is 8.56. The Morgan fingerprint density at radius 3 is 2.39 bits per heavy atom. The fourth-order valence-electron chi connectivity index (χ4n) is 4.39. The van der Waals surface area contributed by atoms with Gasteiger partial charge in [-0.25, -0.2) is 4.79 Å². The second-order valence-corrected chi connectivity index (χ2v) is 8.56. The van der Waals surface area contributed by atoms with Crippen molar-refractivity contribution < 1.29 is 14.3 Å². The smallest absolute Gasteiger partial charge is 0.340 e. The Bertz CT molecular complexity index is 534. The van der Waals surface area contributed by atoms with Crippen molar-refractivity contribution in [3.63, 3.8) is 0 Å². The molecule has 0 aliphatic heterocycles. The summed E-state index contributed by atoms with van der Waals surface area (Å²) in [5, 5.41) is 0. The predicted octanol–water partition coefficient (Wildman–Crippen LogP) is 7.01. The Morgan fingerprint density at radius 1 is 1.04 bits per heavy atom. The van der Waals surface area contributed by atoms with Crippen LogP contribution in [-0.2, 0) is 9.47 Å². The molecular formula is C25H40O3. The van der Waals surface area contributed by atoms with E-state index < -0.39 is 6.29 Å². The third-order valence-electron chi connectivity index (χ3n) is 6.23. The van der Waals surface area contributed by atoms with Gasteiger partial charge in [-0.05, 0) is 49.1 Å². The summed E-state index contributed by atoms with van der Waals surface area (Å²) in [6.45, 7) is 7.30. The van der Waals surface area contributed by atoms with E-state index in [-0.39, 0.29) is 5.97 Å². The van der Waals surface area contributed by atoms with Gasteiger partial charge >= 0.3 is 5.97 Å². The third-order valence-corrected chi connectivity index (χ3v) is 6.23. The van der Waals surface area contributed by atoms with E-state index in [0.29, 0.717) is 18.1 Å². The summed E-state index contributed by atoms with van der Waals surface area (Å²) < 4.78 is 11.6. The normalized spacial score (nSPS) is 21.8. The first-order chi connectivity index (χ1) is 13.6. The summed E-state index contributed by atoms with van der Waals surface area (Å²) in [5.41, 5.74) is 0.591. The van der Waals surface area contributed by atoms with E-state index in [1.54, 1.807) is 12.1 Å². The molecule has 0 N–H and O–H groups in total. The lowest BCUT2D eigenvalue weighted by Gasteiger charge is -2.33. The molecule has 2 rings (SSSR count). The quantitative estimate of drug-likeness (QED) is 0.219. The maximum atomic E-state index is 12.4. The van der Waals surface area contributed by atoms with Crippen molar-refractivity contribution in [3.05, 3.63) is 35.9 Å². The molecule has 3 heteroatoms. The van der Waals surface area contributed by atoms with Gasteiger partial charge in [0.15, 0.2) is 0 Å². The number of carbonyl (C=O) groups excluding carboxylic acids is 1. The van der Waals surface area contributed by atoms with E-state index in [0.717, 1.165) is 24.7 Å². The highest BCUT2D eigenvalue weighted by Gasteiger charge is 2.28. The molecule has 3 nitrogen and oxygen atoms in total. The molecule has 0 spiro atoms. The number of ether oxygens (including phenoxy) is 2. The van der Waals surface area contributed by atoms with Gasteiger partial charge in [0.1, 0.15) is 0 Å². The fourth-order valence-corrected chi connectivity index (χ4v) is 4.39. The van der Waals surface area contributed by atoms with Crippen LogP contribution in [0.15, 0.2) is 30.3 Å². The number of hydrogen-bond acceptors (Lipinski definition) is 3. The van der Waals surface area contributed by atoms with E-state index >= 15 is 0 Å². The van der Waals surface area contributed by atoms with Gasteiger partial charge in [0.25, 0.3) is 0 Å². The average Bonchev–Trinajstić information content (AvgIpc) is 2.73. The molecule has 28 heavy (non-hydrogen) atoms. The number of carbonyl (C=O) groups is 1. The number of benzene rings is 1. The summed E-state index contributed by atoms with van der Waals surface area (Å²) in [7, 11) is 0. The summed E-state index contributed by atoms with van der Waals surface area (Å²) in [4.78, 5) is 12.4. The molecule has 0 amide bonds. The number of esters is 1. The maximum absolute atomic E-state index is 12.4. The lowest BCUT2D eigenvalue weighted by molar-refractivity contribution is -0.123. The number of unbranched alkanes of at least 4 members (excludes halogenated alkanes) is 2. The van der Waals surface area contributed by atoms with Gasteiger partial charge in [-0.15, -0.1) is 0 Å². The first-order valence-corrected chi connectivity index (χ1v) is 11.5. The highest BCUT2D eigenvalue weighted by molar-refractivity contribution is 5.89. The summed E-state index contributed by atoms with van der Waals surface area (Å²) in [6, 6.07) is 9.22. The molecule has 0 aromatic heterocycles. The van der Waals surface area contributed by atoms with Crippen molar-refractivity contribution in [2.45, 2.75) is 91.3 Å². The lowest BCUT2D eigenvalue weighted by Crippen LogP contribution is -2.28. The SMILES string of the molecule is CCCCCC1CCC(C(C)CC(OCCC)OC(=O)c2ccccc2)CC1. The van der Waals surface area contributed by atoms with Gasteiger partial charge in [-0.3, -0.25) is 0 Å². The summed E-state index contributed by atoms with van der Waals surface area (Å²) in [5.74, 6) is 1.89. The minimum atomic E-state index is -0.440. The van der Waals surface area contributed by atoms with Gasteiger partial charge in [0.05, 0.1) is 12.2 Å². The van der Waals surface area contributed by atoms with E-state index in [1.165, 1.54) is 51.4 Å². The Labute approximate surface area is 172 Å². The molecule has 2 unspecified atom stereocenters. The van der Waals surface area contributed by atoms with Crippen LogP contribution in [-0.4, -0.2) is 18.9 Å². The molecular weight excluding hydrogens is 348 g/mol. The van der Waals surface area contributed by atoms with E-state index in [9.17, 15) is 4.79 Å². The van der Waals surface area contributed by atoms with Crippen LogP contribution in [0.4, 0.5) is 0 Å². The summed E-state index contributed by atoms with van der Waals surface area (Å²) >= 11 is 0. The zero-order valence-corrected chi connectivity index (χ0v) is 18.2. The Kier molecular flexibility index (Phi) is 10.6. The third kappa shape index (κ3) is 7.95. The van der Waals surface area contributed by atoms with E-state index in [4.69, 9.17) is 9.47 Å². The van der Waals surface area contributed by atoms with Crippen LogP contribution in [0.3, 0.4) is 0 Å². The Hall–Kier alpha value is -1.35. The largest absolute Gasteiger partial charge is 0.432 e. The molecule has 0 heterocycles. The van der Waals surface area contributed by atoms with Crippen LogP contribution in [0.1, 0.15) is 95.3 Å². The van der Waals surface area contributed by atoms with Crippen molar-refractivity contribution in [1.82, 2.24) is 0 Å². The first kappa shape index (κ1) is 22.9. The van der Waals surface area contributed by atoms with Crippen LogP contribution in [0.25, 0.3) is 0 Å².